The highest BCUT2D eigenvalue weighted by Crippen LogP contribution is 2.19. The molecule has 28 heavy (non-hydrogen) atoms. The molecule has 148 valence electrons. The Hall–Kier alpha value is -2.73. The maximum atomic E-state index is 13.7. The van der Waals surface area contributed by atoms with Gasteiger partial charge in [0.25, 0.3) is 5.91 Å². The van der Waals surface area contributed by atoms with E-state index in [0.29, 0.717) is 5.56 Å². The van der Waals surface area contributed by atoms with E-state index in [1.165, 1.54) is 19.1 Å². The summed E-state index contributed by atoms with van der Waals surface area (Å²) in [6, 6.07) is 9.34. The van der Waals surface area contributed by atoms with Crippen LogP contribution < -0.4 is 5.32 Å². The number of Topliss-reactive ketones (excluding diaryl/α,β-unsaturated/α-hetero) is 1. The Balaban J connectivity index is 1.87. The number of benzene rings is 2. The Kier molecular flexibility index (Phi) is 7.29. The van der Waals surface area contributed by atoms with Gasteiger partial charge in [0.2, 0.25) is 0 Å². The molecule has 5 nitrogen and oxygen atoms in total. The van der Waals surface area contributed by atoms with Gasteiger partial charge in [-0.25, -0.2) is 4.39 Å². The third-order valence-electron chi connectivity index (χ3n) is 4.12. The van der Waals surface area contributed by atoms with Crippen molar-refractivity contribution in [2.75, 3.05) is 5.32 Å². The van der Waals surface area contributed by atoms with Gasteiger partial charge in [0.15, 0.2) is 11.9 Å². The van der Waals surface area contributed by atoms with E-state index in [1.807, 2.05) is 26.0 Å². The smallest absolute Gasteiger partial charge is 0.307 e. The number of aryl methyl sites for hydroxylation is 2. The Morgan fingerprint density at radius 2 is 1.82 bits per heavy atom. The van der Waals surface area contributed by atoms with E-state index < -0.39 is 23.8 Å². The molecule has 2 rings (SSSR count). The largest absolute Gasteiger partial charge is 0.453 e. The molecule has 0 aliphatic rings. The first-order valence-corrected chi connectivity index (χ1v) is 9.11. The second kappa shape index (κ2) is 9.46. The van der Waals surface area contributed by atoms with Gasteiger partial charge in [-0.05, 0) is 50.6 Å². The molecule has 0 radical (unpaired) electrons. The van der Waals surface area contributed by atoms with E-state index in [4.69, 9.17) is 16.3 Å². The van der Waals surface area contributed by atoms with Crippen molar-refractivity contribution in [3.8, 4) is 0 Å². The van der Waals surface area contributed by atoms with Crippen molar-refractivity contribution in [2.45, 2.75) is 39.7 Å². The summed E-state index contributed by atoms with van der Waals surface area (Å²) in [5, 5.41) is 2.53. The molecule has 0 aromatic heterocycles. The van der Waals surface area contributed by atoms with Gasteiger partial charge in [0, 0.05) is 17.0 Å². The van der Waals surface area contributed by atoms with E-state index in [9.17, 15) is 18.8 Å². The summed E-state index contributed by atoms with van der Waals surface area (Å²) in [5.74, 6) is -2.23. The van der Waals surface area contributed by atoms with Gasteiger partial charge in [0.05, 0.1) is 12.1 Å². The number of carbonyl (C=O) groups excluding carboxylic acids is 3. The third-order valence-corrected chi connectivity index (χ3v) is 4.35. The van der Waals surface area contributed by atoms with Crippen LogP contribution in [0.2, 0.25) is 5.02 Å². The molecule has 7 heteroatoms. The van der Waals surface area contributed by atoms with Gasteiger partial charge in [-0.2, -0.15) is 0 Å². The molecule has 1 N–H and O–H groups in total. The maximum Gasteiger partial charge on any atom is 0.307 e. The standard InChI is InChI=1S/C21H21ClFNO4/c1-12-4-5-13(2)16(10-12)19(25)8-9-20(26)28-14(3)21(27)24-18-7-6-15(22)11-17(18)23/h4-7,10-11,14H,8-9H2,1-3H3,(H,24,27)/t14-/m1/s1. The predicted octanol–water partition coefficient (Wildman–Crippen LogP) is 4.63. The fraction of sp³-hybridized carbons (Fsp3) is 0.286. The zero-order chi connectivity index (χ0) is 20.8. The molecular weight excluding hydrogens is 385 g/mol. The van der Waals surface area contributed by atoms with Crippen LogP contribution in [0, 0.1) is 19.7 Å². The van der Waals surface area contributed by atoms with Gasteiger partial charge in [-0.1, -0.05) is 29.3 Å². The molecule has 0 heterocycles. The normalized spacial score (nSPS) is 11.6. The molecule has 2 aromatic rings. The summed E-state index contributed by atoms with van der Waals surface area (Å²) in [6.45, 7) is 5.08. The van der Waals surface area contributed by atoms with Crippen LogP contribution in [0.5, 0.6) is 0 Å². The van der Waals surface area contributed by atoms with Crippen LogP contribution in [0.15, 0.2) is 36.4 Å². The minimum Gasteiger partial charge on any atom is -0.453 e. The van der Waals surface area contributed by atoms with Crippen molar-refractivity contribution >= 4 is 34.9 Å². The number of carbonyl (C=O) groups is 3. The lowest BCUT2D eigenvalue weighted by atomic mass is 9.99. The second-order valence-electron chi connectivity index (χ2n) is 6.49. The predicted molar refractivity (Wildman–Crippen MR) is 105 cm³/mol. The number of ether oxygens (including phenoxy) is 1. The van der Waals surface area contributed by atoms with Crippen molar-refractivity contribution in [1.29, 1.82) is 0 Å². The molecular formula is C21H21ClFNO4. The molecule has 0 fully saturated rings. The molecule has 0 aliphatic carbocycles. The minimum atomic E-state index is -1.14. The number of ketones is 1. The fourth-order valence-electron chi connectivity index (χ4n) is 2.52. The van der Waals surface area contributed by atoms with Crippen LogP contribution in [0.1, 0.15) is 41.3 Å². The van der Waals surface area contributed by atoms with Crippen LogP contribution in [-0.4, -0.2) is 23.8 Å². The first-order chi connectivity index (χ1) is 13.2. The van der Waals surface area contributed by atoms with Crippen molar-refractivity contribution in [1.82, 2.24) is 0 Å². The number of anilines is 1. The highest BCUT2D eigenvalue weighted by Gasteiger charge is 2.20. The summed E-state index contributed by atoms with van der Waals surface area (Å²) in [4.78, 5) is 36.3. The monoisotopic (exact) mass is 405 g/mol. The molecule has 0 saturated carbocycles. The lowest BCUT2D eigenvalue weighted by molar-refractivity contribution is -0.153. The SMILES string of the molecule is Cc1ccc(C)c(C(=O)CCC(=O)O[C@H](C)C(=O)Nc2ccc(Cl)cc2F)c1. The molecule has 0 spiro atoms. The van der Waals surface area contributed by atoms with E-state index in [0.717, 1.165) is 17.2 Å². The van der Waals surface area contributed by atoms with Crippen molar-refractivity contribution in [2.24, 2.45) is 0 Å². The van der Waals surface area contributed by atoms with Gasteiger partial charge >= 0.3 is 5.97 Å². The number of hydrogen-bond donors (Lipinski definition) is 1. The van der Waals surface area contributed by atoms with Crippen LogP contribution in [-0.2, 0) is 14.3 Å². The maximum absolute atomic E-state index is 13.7. The molecule has 0 aliphatic heterocycles. The van der Waals surface area contributed by atoms with E-state index >= 15 is 0 Å². The van der Waals surface area contributed by atoms with Gasteiger partial charge in [-0.3, -0.25) is 14.4 Å². The molecule has 1 atom stereocenters. The number of rotatable bonds is 7. The first-order valence-electron chi connectivity index (χ1n) is 8.73. The topological polar surface area (TPSA) is 72.5 Å². The van der Waals surface area contributed by atoms with Crippen LogP contribution in [0.4, 0.5) is 10.1 Å². The Bertz CT molecular complexity index is 913. The molecule has 1 amide bonds. The Morgan fingerprint density at radius 1 is 1.11 bits per heavy atom. The summed E-state index contributed by atoms with van der Waals surface area (Å²) in [6.07, 6.45) is -1.32. The van der Waals surface area contributed by atoms with Crippen LogP contribution in [0.3, 0.4) is 0 Å². The fourth-order valence-corrected chi connectivity index (χ4v) is 2.68. The Morgan fingerprint density at radius 3 is 2.50 bits per heavy atom. The highest BCUT2D eigenvalue weighted by molar-refractivity contribution is 6.30. The number of halogens is 2. The second-order valence-corrected chi connectivity index (χ2v) is 6.92. The molecule has 0 bridgehead atoms. The van der Waals surface area contributed by atoms with Crippen molar-refractivity contribution in [3.05, 3.63) is 63.9 Å². The molecule has 2 aromatic carbocycles. The van der Waals surface area contributed by atoms with Gasteiger partial charge < -0.3 is 10.1 Å². The van der Waals surface area contributed by atoms with E-state index in [-0.39, 0.29) is 29.3 Å². The van der Waals surface area contributed by atoms with E-state index in [2.05, 4.69) is 5.32 Å². The summed E-state index contributed by atoms with van der Waals surface area (Å²) in [7, 11) is 0. The number of amides is 1. The first kappa shape index (κ1) is 21.6. The number of esters is 1. The summed E-state index contributed by atoms with van der Waals surface area (Å²) < 4.78 is 18.8. The molecule has 0 unspecified atom stereocenters. The van der Waals surface area contributed by atoms with Gasteiger partial charge in [-0.15, -0.1) is 0 Å². The number of nitrogens with one attached hydrogen (secondary N) is 1. The van der Waals surface area contributed by atoms with Crippen LogP contribution >= 0.6 is 11.6 Å². The summed E-state index contributed by atoms with van der Waals surface area (Å²) in [5.41, 5.74) is 2.29. The average Bonchev–Trinajstić information content (AvgIpc) is 2.63. The van der Waals surface area contributed by atoms with Crippen LogP contribution in [0.25, 0.3) is 0 Å². The van der Waals surface area contributed by atoms with Gasteiger partial charge in [0.1, 0.15) is 5.82 Å². The average molecular weight is 406 g/mol. The lowest BCUT2D eigenvalue weighted by Crippen LogP contribution is -2.30. The zero-order valence-electron chi connectivity index (χ0n) is 15.8. The Labute approximate surface area is 167 Å². The van der Waals surface area contributed by atoms with Crippen molar-refractivity contribution < 1.29 is 23.5 Å². The van der Waals surface area contributed by atoms with E-state index in [1.54, 1.807) is 6.07 Å². The summed E-state index contributed by atoms with van der Waals surface area (Å²) >= 11 is 5.66. The zero-order valence-corrected chi connectivity index (χ0v) is 16.6. The van der Waals surface area contributed by atoms with Crippen molar-refractivity contribution in [3.63, 3.8) is 0 Å². The number of hydrogen-bond acceptors (Lipinski definition) is 4. The minimum absolute atomic E-state index is 0.0245. The third kappa shape index (κ3) is 5.89. The highest BCUT2D eigenvalue weighted by atomic mass is 35.5. The lowest BCUT2D eigenvalue weighted by Gasteiger charge is -2.14. The molecule has 0 saturated heterocycles. The quantitative estimate of drug-likeness (QED) is 0.538.